The van der Waals surface area contributed by atoms with Crippen molar-refractivity contribution in [1.82, 2.24) is 0 Å². The van der Waals surface area contributed by atoms with Crippen molar-refractivity contribution in [3.63, 3.8) is 0 Å². The summed E-state index contributed by atoms with van der Waals surface area (Å²) in [5.74, 6) is 2.29. The van der Waals surface area contributed by atoms with Crippen molar-refractivity contribution in [1.29, 1.82) is 0 Å². The van der Waals surface area contributed by atoms with Gasteiger partial charge in [0.15, 0.2) is 0 Å². The fourth-order valence-corrected chi connectivity index (χ4v) is 12.8. The van der Waals surface area contributed by atoms with Crippen LogP contribution in [0.4, 0.5) is 0 Å². The lowest BCUT2D eigenvalue weighted by Crippen LogP contribution is -2.37. The molecule has 0 amide bonds. The highest BCUT2D eigenvalue weighted by molar-refractivity contribution is 8.30. The Morgan fingerprint density at radius 1 is 0.482 bits per heavy atom. The molecule has 7 nitrogen and oxygen atoms in total. The first-order valence-corrected chi connectivity index (χ1v) is 23.6. The van der Waals surface area contributed by atoms with Crippen molar-refractivity contribution >= 4 is 27.9 Å². The van der Waals surface area contributed by atoms with E-state index in [0.717, 1.165) is 28.7 Å². The molecule has 0 aliphatic heterocycles. The predicted molar refractivity (Wildman–Crippen MR) is 235 cm³/mol. The number of benzene rings is 5. The van der Waals surface area contributed by atoms with E-state index in [-0.39, 0.29) is 33.0 Å². The van der Waals surface area contributed by atoms with Crippen LogP contribution in [-0.4, -0.2) is 83.8 Å². The van der Waals surface area contributed by atoms with Crippen LogP contribution in [-0.2, 0) is 29.8 Å². The van der Waals surface area contributed by atoms with Gasteiger partial charge in [-0.3, -0.25) is 0 Å². The summed E-state index contributed by atoms with van der Waals surface area (Å²) < 4.78 is 20.8. The predicted octanol–water partition coefficient (Wildman–Crippen LogP) is 8.26. The average Bonchev–Trinajstić information content (AvgIpc) is 3.21. The van der Waals surface area contributed by atoms with E-state index >= 15 is 0 Å². The van der Waals surface area contributed by atoms with Gasteiger partial charge in [0.05, 0.1) is 26.4 Å². The number of hydrogen-bond donors (Lipinski definition) is 4. The maximum absolute atomic E-state index is 10.4. The first-order valence-electron chi connectivity index (χ1n) is 19.5. The van der Waals surface area contributed by atoms with Crippen molar-refractivity contribution < 1.29 is 33.3 Å². The molecule has 0 heterocycles. The molecule has 0 bridgehead atoms. The first-order chi connectivity index (χ1) is 27.3. The molecule has 300 valence electrons. The Labute approximate surface area is 337 Å². The largest absolute Gasteiger partial charge is 0.660 e. The standard InChI is InChI=1S/C46H59BO7S2/c1-39-19-23-41(24-20-39)37-55(33-28-48,34-29-49)53-47(54-56(35-30-50,36-31-51)38-42-25-21-40(2)22-26-42)52-32-12-27-46(43-13-6-3-7-14-43,44-15-8-4-9-16-44)45-17-10-5-11-18-45/h3-11,13-26,48-51H,12,27-38H2,1-2H3. The van der Waals surface area contributed by atoms with E-state index in [2.05, 4.69) is 121 Å². The second-order valence-corrected chi connectivity index (χ2v) is 20.8. The van der Waals surface area contributed by atoms with E-state index in [1.165, 1.54) is 16.7 Å². The molecule has 10 heteroatoms. The van der Waals surface area contributed by atoms with Gasteiger partial charge in [0.1, 0.15) is 0 Å². The molecule has 0 unspecified atom stereocenters. The number of aryl methyl sites for hydroxylation is 2. The third-order valence-electron chi connectivity index (χ3n) is 10.3. The lowest BCUT2D eigenvalue weighted by atomic mass is 9.67. The molecule has 5 aromatic rings. The Morgan fingerprint density at radius 3 is 1.14 bits per heavy atom. The fourth-order valence-electron chi connectivity index (χ4n) is 7.42. The Kier molecular flexibility index (Phi) is 17.1. The Balaban J connectivity index is 1.51. The van der Waals surface area contributed by atoms with E-state index < -0.39 is 33.4 Å². The van der Waals surface area contributed by atoms with Crippen LogP contribution in [0, 0.1) is 13.8 Å². The van der Waals surface area contributed by atoms with Gasteiger partial charge in [0.25, 0.3) is 0 Å². The monoisotopic (exact) mass is 798 g/mol. The molecule has 4 N–H and O–H groups in total. The third kappa shape index (κ3) is 11.8. The summed E-state index contributed by atoms with van der Waals surface area (Å²) in [7, 11) is -5.57. The van der Waals surface area contributed by atoms with Gasteiger partial charge in [-0.25, -0.2) is 0 Å². The summed E-state index contributed by atoms with van der Waals surface area (Å²) in [6, 6.07) is 48.2. The van der Waals surface area contributed by atoms with Gasteiger partial charge in [0, 0.05) is 46.5 Å². The van der Waals surface area contributed by atoms with Crippen LogP contribution in [0.5, 0.6) is 0 Å². The van der Waals surface area contributed by atoms with Crippen LogP contribution in [0.15, 0.2) is 140 Å². The number of hydrogen-bond acceptors (Lipinski definition) is 7. The molecular weight excluding hydrogens is 739 g/mol. The summed E-state index contributed by atoms with van der Waals surface area (Å²) >= 11 is 0. The molecule has 56 heavy (non-hydrogen) atoms. The van der Waals surface area contributed by atoms with Crippen molar-refractivity contribution in [3.8, 4) is 0 Å². The second kappa shape index (κ2) is 21.9. The topological polar surface area (TPSA) is 109 Å². The van der Waals surface area contributed by atoms with E-state index in [1.807, 2.05) is 32.0 Å². The van der Waals surface area contributed by atoms with Crippen molar-refractivity contribution in [2.75, 3.05) is 56.0 Å². The van der Waals surface area contributed by atoms with Crippen LogP contribution >= 0.6 is 20.6 Å². The van der Waals surface area contributed by atoms with Crippen LogP contribution in [0.25, 0.3) is 0 Å². The normalized spacial score (nSPS) is 12.8. The highest BCUT2D eigenvalue weighted by Crippen LogP contribution is 2.57. The fraction of sp³-hybridized carbons (Fsp3) is 0.348. The first kappa shape index (κ1) is 43.7. The molecule has 0 aromatic heterocycles. The van der Waals surface area contributed by atoms with E-state index in [0.29, 0.717) is 40.9 Å². The Hall–Kier alpha value is -3.42. The van der Waals surface area contributed by atoms with Crippen molar-refractivity contribution in [3.05, 3.63) is 178 Å². The molecule has 5 rings (SSSR count). The molecule has 0 aliphatic rings. The molecular formula is C46H59BO7S2. The third-order valence-corrected chi connectivity index (χ3v) is 16.8. The summed E-state index contributed by atoms with van der Waals surface area (Å²) in [5, 5.41) is 41.7. The average molecular weight is 799 g/mol. The second-order valence-electron chi connectivity index (χ2n) is 14.4. The molecule has 0 atom stereocenters. The highest BCUT2D eigenvalue weighted by Gasteiger charge is 2.41. The van der Waals surface area contributed by atoms with E-state index in [1.54, 1.807) is 0 Å². The van der Waals surface area contributed by atoms with Crippen LogP contribution in [0.3, 0.4) is 0 Å². The summed E-state index contributed by atoms with van der Waals surface area (Å²) in [6.45, 7) is 3.86. The number of aliphatic hydroxyl groups is 4. The van der Waals surface area contributed by atoms with Crippen molar-refractivity contribution in [2.24, 2.45) is 0 Å². The van der Waals surface area contributed by atoms with Gasteiger partial charge in [-0.05, 0) is 54.5 Å². The van der Waals surface area contributed by atoms with Gasteiger partial charge >= 0.3 is 7.32 Å². The number of aliphatic hydroxyl groups excluding tert-OH is 4. The Morgan fingerprint density at radius 2 is 0.821 bits per heavy atom. The molecule has 0 aliphatic carbocycles. The maximum Gasteiger partial charge on any atom is 0.660 e. The quantitative estimate of drug-likeness (QED) is 0.0283. The van der Waals surface area contributed by atoms with Crippen LogP contribution in [0.2, 0.25) is 0 Å². The molecule has 5 aromatic carbocycles. The summed E-state index contributed by atoms with van der Waals surface area (Å²) in [4.78, 5) is 0. The molecule has 0 saturated heterocycles. The summed E-state index contributed by atoms with van der Waals surface area (Å²) in [6.07, 6.45) is 1.36. The zero-order valence-corrected chi connectivity index (χ0v) is 34.5. The van der Waals surface area contributed by atoms with Crippen LogP contribution in [0.1, 0.15) is 51.8 Å². The lowest BCUT2D eigenvalue weighted by Gasteiger charge is -2.45. The zero-order valence-electron chi connectivity index (χ0n) is 32.9. The van der Waals surface area contributed by atoms with Crippen molar-refractivity contribution in [2.45, 2.75) is 43.6 Å². The highest BCUT2D eigenvalue weighted by atomic mass is 32.3. The van der Waals surface area contributed by atoms with Gasteiger partial charge in [-0.1, -0.05) is 151 Å². The van der Waals surface area contributed by atoms with Gasteiger partial charge in [-0.2, -0.15) is 0 Å². The van der Waals surface area contributed by atoms with Gasteiger partial charge in [-0.15, -0.1) is 20.6 Å². The number of rotatable bonds is 24. The molecule has 0 fully saturated rings. The Bertz CT molecular complexity index is 1650. The van der Waals surface area contributed by atoms with Gasteiger partial charge in [0.2, 0.25) is 0 Å². The molecule has 0 spiro atoms. The smallest absolute Gasteiger partial charge is 0.395 e. The van der Waals surface area contributed by atoms with Crippen LogP contribution < -0.4 is 0 Å². The molecule has 0 radical (unpaired) electrons. The van der Waals surface area contributed by atoms with E-state index in [4.69, 9.17) is 12.9 Å². The lowest BCUT2D eigenvalue weighted by molar-refractivity contribution is 0.203. The SMILES string of the molecule is Cc1ccc(CS(CCO)(CCO)OB(OCCCC(c2ccccc2)(c2ccccc2)c2ccccc2)OS(CCO)(CCO)Cc2ccc(C)cc2)cc1. The minimum atomic E-state index is -2.20. The molecule has 0 saturated carbocycles. The minimum Gasteiger partial charge on any atom is -0.395 e. The van der Waals surface area contributed by atoms with E-state index in [9.17, 15) is 20.4 Å². The summed E-state index contributed by atoms with van der Waals surface area (Å²) in [5.41, 5.74) is 7.43. The van der Waals surface area contributed by atoms with Gasteiger partial charge < -0.3 is 33.3 Å². The minimum absolute atomic E-state index is 0.129. The zero-order chi connectivity index (χ0) is 39.7. The maximum atomic E-state index is 10.4.